The average molecular weight is 407 g/mol. The maximum Gasteiger partial charge on any atom is 0.226 e. The highest BCUT2D eigenvalue weighted by atomic mass is 32.1. The van der Waals surface area contributed by atoms with Gasteiger partial charge in [0.25, 0.3) is 0 Å². The number of carbonyl (C=O) groups is 1. The number of fused-ring (bicyclic) bond motifs is 1. The molecule has 2 aliphatic rings. The molecule has 0 N–H and O–H groups in total. The third-order valence-corrected chi connectivity index (χ3v) is 6.88. The lowest BCUT2D eigenvalue weighted by Gasteiger charge is -2.24. The zero-order valence-corrected chi connectivity index (χ0v) is 17.4. The van der Waals surface area contributed by atoms with Gasteiger partial charge in [0.2, 0.25) is 5.91 Å². The van der Waals surface area contributed by atoms with Gasteiger partial charge in [-0.1, -0.05) is 49.2 Å². The number of thiazole rings is 1. The van der Waals surface area contributed by atoms with Crippen LogP contribution in [-0.4, -0.2) is 21.8 Å². The number of aromatic nitrogens is 1. The summed E-state index contributed by atoms with van der Waals surface area (Å²) in [6.45, 7) is 1.10. The number of hydrogen-bond donors (Lipinski definition) is 0. The van der Waals surface area contributed by atoms with Crippen LogP contribution in [0.1, 0.15) is 49.2 Å². The first-order valence-corrected chi connectivity index (χ1v) is 11.5. The van der Waals surface area contributed by atoms with Crippen LogP contribution >= 0.6 is 11.3 Å². The Morgan fingerprint density at radius 2 is 1.86 bits per heavy atom. The van der Waals surface area contributed by atoms with Crippen LogP contribution in [0.3, 0.4) is 0 Å². The van der Waals surface area contributed by atoms with E-state index in [1.54, 1.807) is 11.3 Å². The average Bonchev–Trinajstić information content (AvgIpc) is 3.25. The Bertz CT molecular complexity index is 1000. The van der Waals surface area contributed by atoms with E-state index in [1.165, 1.54) is 18.2 Å². The molecule has 0 unspecified atom stereocenters. The number of nitrogens with zero attached hydrogens (tertiary/aromatic N) is 2. The van der Waals surface area contributed by atoms with Gasteiger partial charge in [0.1, 0.15) is 17.4 Å². The summed E-state index contributed by atoms with van der Waals surface area (Å²) in [4.78, 5) is 19.8. The molecule has 29 heavy (non-hydrogen) atoms. The molecule has 1 amide bonds. The fourth-order valence-corrected chi connectivity index (χ4v) is 5.00. The minimum absolute atomic E-state index is 0.239. The molecule has 1 aromatic heterocycles. The lowest BCUT2D eigenvalue weighted by atomic mass is 10.1. The summed E-state index contributed by atoms with van der Waals surface area (Å²) in [7, 11) is 0. The zero-order chi connectivity index (χ0) is 19.6. The SMILES string of the molecule is O=C(C1CCCC1)N(Cc1csc(COc2cccc3ccccc23)n1)C1CC1. The van der Waals surface area contributed by atoms with E-state index in [9.17, 15) is 4.79 Å². The van der Waals surface area contributed by atoms with Gasteiger partial charge in [0, 0.05) is 22.7 Å². The van der Waals surface area contributed by atoms with E-state index in [2.05, 4.69) is 28.5 Å². The Kier molecular flexibility index (Phi) is 5.23. The van der Waals surface area contributed by atoms with Crippen molar-refractivity contribution in [2.24, 2.45) is 5.92 Å². The Morgan fingerprint density at radius 3 is 2.69 bits per heavy atom. The molecule has 0 saturated heterocycles. The second-order valence-corrected chi connectivity index (χ2v) is 9.12. The predicted molar refractivity (Wildman–Crippen MR) is 116 cm³/mol. The number of benzene rings is 2. The number of hydrogen-bond acceptors (Lipinski definition) is 4. The summed E-state index contributed by atoms with van der Waals surface area (Å²) in [5.74, 6) is 1.48. The first kappa shape index (κ1) is 18.6. The molecule has 0 bridgehead atoms. The summed E-state index contributed by atoms with van der Waals surface area (Å²) in [5.41, 5.74) is 0.991. The van der Waals surface area contributed by atoms with Crippen LogP contribution in [0.25, 0.3) is 10.8 Å². The Labute approximate surface area is 175 Å². The van der Waals surface area contributed by atoms with Crippen molar-refractivity contribution in [1.29, 1.82) is 0 Å². The molecule has 0 spiro atoms. The zero-order valence-electron chi connectivity index (χ0n) is 16.5. The van der Waals surface area contributed by atoms with Gasteiger partial charge in [-0.3, -0.25) is 4.79 Å². The van der Waals surface area contributed by atoms with Gasteiger partial charge in [-0.15, -0.1) is 11.3 Å². The smallest absolute Gasteiger partial charge is 0.226 e. The topological polar surface area (TPSA) is 42.4 Å². The van der Waals surface area contributed by atoms with E-state index >= 15 is 0 Å². The molecular weight excluding hydrogens is 380 g/mol. The minimum Gasteiger partial charge on any atom is -0.486 e. The molecule has 4 nitrogen and oxygen atoms in total. The van der Waals surface area contributed by atoms with Crippen molar-refractivity contribution < 1.29 is 9.53 Å². The quantitative estimate of drug-likeness (QED) is 0.516. The molecule has 1 heterocycles. The molecule has 3 aromatic rings. The van der Waals surface area contributed by atoms with E-state index in [0.717, 1.165) is 47.5 Å². The molecule has 0 radical (unpaired) electrons. The second-order valence-electron chi connectivity index (χ2n) is 8.18. The molecule has 2 aromatic carbocycles. The number of amides is 1. The van der Waals surface area contributed by atoms with Crippen molar-refractivity contribution in [2.75, 3.05) is 0 Å². The number of rotatable bonds is 7. The molecule has 5 rings (SSSR count). The maximum atomic E-state index is 13.0. The molecule has 5 heteroatoms. The third kappa shape index (κ3) is 4.15. The van der Waals surface area contributed by atoms with Gasteiger partial charge in [0.15, 0.2) is 0 Å². The molecule has 0 aliphatic heterocycles. The molecular formula is C24H26N2O2S. The monoisotopic (exact) mass is 406 g/mol. The Balaban J connectivity index is 1.25. The standard InChI is InChI=1S/C24H26N2O2S/c27-24(18-7-1-2-8-18)26(20-12-13-20)14-19-16-29-23(25-19)15-28-22-11-5-9-17-6-3-4-10-21(17)22/h3-6,9-11,16,18,20H,1-2,7-8,12-15H2. The van der Waals surface area contributed by atoms with Gasteiger partial charge in [-0.2, -0.15) is 0 Å². The molecule has 0 atom stereocenters. The number of ether oxygens (including phenoxy) is 1. The van der Waals surface area contributed by atoms with Crippen LogP contribution in [0, 0.1) is 5.92 Å². The lowest BCUT2D eigenvalue weighted by Crippen LogP contribution is -2.36. The Hall–Kier alpha value is -2.40. The van der Waals surface area contributed by atoms with Gasteiger partial charge < -0.3 is 9.64 Å². The highest BCUT2D eigenvalue weighted by Gasteiger charge is 2.36. The van der Waals surface area contributed by atoms with Crippen molar-refractivity contribution in [2.45, 2.75) is 57.7 Å². The summed E-state index contributed by atoms with van der Waals surface area (Å²) in [5, 5.41) is 5.33. The molecule has 2 fully saturated rings. The van der Waals surface area contributed by atoms with Crippen molar-refractivity contribution in [3.05, 3.63) is 58.5 Å². The summed E-state index contributed by atoms with van der Waals surface area (Å²) < 4.78 is 6.08. The summed E-state index contributed by atoms with van der Waals surface area (Å²) in [6.07, 6.45) is 6.79. The van der Waals surface area contributed by atoms with E-state index in [0.29, 0.717) is 25.1 Å². The summed E-state index contributed by atoms with van der Waals surface area (Å²) >= 11 is 1.62. The normalized spacial score (nSPS) is 17.0. The van der Waals surface area contributed by atoms with Crippen molar-refractivity contribution in [3.63, 3.8) is 0 Å². The highest BCUT2D eigenvalue weighted by molar-refractivity contribution is 7.09. The van der Waals surface area contributed by atoms with E-state index in [4.69, 9.17) is 9.72 Å². The molecule has 150 valence electrons. The van der Waals surface area contributed by atoms with E-state index in [1.807, 2.05) is 24.3 Å². The van der Waals surface area contributed by atoms with Gasteiger partial charge in [-0.25, -0.2) is 4.98 Å². The van der Waals surface area contributed by atoms with Gasteiger partial charge in [-0.05, 0) is 37.1 Å². The minimum atomic E-state index is 0.239. The van der Waals surface area contributed by atoms with Crippen LogP contribution in [0.15, 0.2) is 47.8 Å². The first-order valence-electron chi connectivity index (χ1n) is 10.6. The molecule has 2 saturated carbocycles. The largest absolute Gasteiger partial charge is 0.486 e. The van der Waals surface area contributed by atoms with Crippen LogP contribution < -0.4 is 4.74 Å². The predicted octanol–water partition coefficient (Wildman–Crippen LogP) is 5.56. The molecule has 2 aliphatic carbocycles. The highest BCUT2D eigenvalue weighted by Crippen LogP contribution is 2.34. The van der Waals surface area contributed by atoms with Crippen LogP contribution in [0.2, 0.25) is 0 Å². The fourth-order valence-electron chi connectivity index (χ4n) is 4.30. The first-order chi connectivity index (χ1) is 14.3. The number of carbonyl (C=O) groups excluding carboxylic acids is 1. The van der Waals surface area contributed by atoms with Crippen molar-refractivity contribution >= 4 is 28.0 Å². The fraction of sp³-hybridized carbons (Fsp3) is 0.417. The summed E-state index contributed by atoms with van der Waals surface area (Å²) in [6, 6.07) is 14.8. The lowest BCUT2D eigenvalue weighted by molar-refractivity contribution is -0.136. The van der Waals surface area contributed by atoms with Gasteiger partial charge >= 0.3 is 0 Å². The maximum absolute atomic E-state index is 13.0. The second kappa shape index (κ2) is 8.15. The van der Waals surface area contributed by atoms with Crippen molar-refractivity contribution in [1.82, 2.24) is 9.88 Å². The Morgan fingerprint density at radius 1 is 1.07 bits per heavy atom. The van der Waals surface area contributed by atoms with E-state index in [-0.39, 0.29) is 5.92 Å². The van der Waals surface area contributed by atoms with Crippen LogP contribution in [0.5, 0.6) is 5.75 Å². The third-order valence-electron chi connectivity index (χ3n) is 6.01. The van der Waals surface area contributed by atoms with Crippen LogP contribution in [-0.2, 0) is 17.9 Å². The van der Waals surface area contributed by atoms with E-state index < -0.39 is 0 Å². The van der Waals surface area contributed by atoms with Crippen molar-refractivity contribution in [3.8, 4) is 5.75 Å². The van der Waals surface area contributed by atoms with Gasteiger partial charge in [0.05, 0.1) is 12.2 Å². The van der Waals surface area contributed by atoms with Crippen LogP contribution in [0.4, 0.5) is 0 Å².